The predicted octanol–water partition coefficient (Wildman–Crippen LogP) is 4.99. The molecule has 0 aliphatic heterocycles. The molecule has 1 amide bonds. The van der Waals surface area contributed by atoms with Crippen LogP contribution in [0.4, 0.5) is 8.78 Å². The summed E-state index contributed by atoms with van der Waals surface area (Å²) in [7, 11) is 3.94. The van der Waals surface area contributed by atoms with Crippen LogP contribution in [0.5, 0.6) is 0 Å². The number of amides is 1. The van der Waals surface area contributed by atoms with E-state index < -0.39 is 24.6 Å². The summed E-state index contributed by atoms with van der Waals surface area (Å²) in [5, 5.41) is 15.1. The van der Waals surface area contributed by atoms with Gasteiger partial charge in [0.05, 0.1) is 16.9 Å². The lowest BCUT2D eigenvalue weighted by Gasteiger charge is -2.12. The molecule has 0 atom stereocenters. The van der Waals surface area contributed by atoms with Crippen molar-refractivity contribution in [2.45, 2.75) is 51.5 Å². The predicted molar refractivity (Wildman–Crippen MR) is 157 cm³/mol. The molecule has 1 saturated carbocycles. The van der Waals surface area contributed by atoms with Crippen LogP contribution < -0.4 is 5.73 Å². The summed E-state index contributed by atoms with van der Waals surface area (Å²) in [6.07, 6.45) is 3.05. The molecule has 2 N–H and O–H groups in total. The van der Waals surface area contributed by atoms with Gasteiger partial charge in [0, 0.05) is 66.1 Å². The van der Waals surface area contributed by atoms with E-state index in [9.17, 15) is 13.6 Å². The molecule has 220 valence electrons. The number of pyridine rings is 1. The van der Waals surface area contributed by atoms with E-state index in [1.807, 2.05) is 31.4 Å². The SMILES string of the molecule is CC(C)c1nc2nn(C)cc2cc1-c1nc(-c2cccc3nn(-c4cc(C(F)F)n(CC(N)=O)n4)cc23)c(C2CC2)n1C. The monoisotopic (exact) mass is 584 g/mol. The lowest BCUT2D eigenvalue weighted by molar-refractivity contribution is -0.118. The van der Waals surface area contributed by atoms with Gasteiger partial charge in [-0.05, 0) is 30.9 Å². The molecule has 1 aromatic carbocycles. The number of alkyl halides is 2. The average molecular weight is 585 g/mol. The number of primary amides is 1. The minimum atomic E-state index is -2.83. The van der Waals surface area contributed by atoms with Crippen LogP contribution in [0, 0.1) is 0 Å². The number of hydrogen-bond donors (Lipinski definition) is 1. The van der Waals surface area contributed by atoms with Gasteiger partial charge >= 0.3 is 0 Å². The molecule has 0 saturated heterocycles. The number of carbonyl (C=O) groups is 1. The maximum atomic E-state index is 13.7. The molecular formula is C30H30F2N10O. The molecule has 1 aliphatic rings. The molecule has 5 heterocycles. The van der Waals surface area contributed by atoms with E-state index in [0.717, 1.165) is 62.3 Å². The van der Waals surface area contributed by atoms with Crippen molar-refractivity contribution in [3.63, 3.8) is 0 Å². The second-order valence-corrected chi connectivity index (χ2v) is 11.5. The minimum Gasteiger partial charge on any atom is -0.368 e. The number of nitrogens with zero attached hydrogens (tertiary/aromatic N) is 9. The normalized spacial score (nSPS) is 13.8. The number of aromatic nitrogens is 9. The van der Waals surface area contributed by atoms with Crippen molar-refractivity contribution in [1.82, 2.24) is 43.9 Å². The van der Waals surface area contributed by atoms with Crippen molar-refractivity contribution in [3.8, 4) is 28.5 Å². The number of halogens is 2. The third kappa shape index (κ3) is 4.55. The number of aryl methyl sites for hydroxylation is 1. The van der Waals surface area contributed by atoms with Gasteiger partial charge in [-0.25, -0.2) is 23.4 Å². The fraction of sp³-hybridized carbons (Fsp3) is 0.333. The molecule has 7 rings (SSSR count). The van der Waals surface area contributed by atoms with E-state index in [4.69, 9.17) is 15.7 Å². The first-order valence-corrected chi connectivity index (χ1v) is 14.1. The van der Waals surface area contributed by atoms with Crippen LogP contribution in [0.2, 0.25) is 0 Å². The Hall–Kier alpha value is -4.94. The Bertz CT molecular complexity index is 2040. The van der Waals surface area contributed by atoms with E-state index in [2.05, 4.69) is 46.8 Å². The molecule has 0 radical (unpaired) electrons. The zero-order chi connectivity index (χ0) is 30.2. The second-order valence-electron chi connectivity index (χ2n) is 11.5. The highest BCUT2D eigenvalue weighted by Crippen LogP contribution is 2.47. The highest BCUT2D eigenvalue weighted by Gasteiger charge is 2.33. The average Bonchev–Trinajstić information content (AvgIpc) is 3.26. The summed E-state index contributed by atoms with van der Waals surface area (Å²) < 4.78 is 33.7. The van der Waals surface area contributed by atoms with Crippen LogP contribution in [0.3, 0.4) is 0 Å². The summed E-state index contributed by atoms with van der Waals surface area (Å²) in [6, 6.07) is 9.13. The molecule has 0 unspecified atom stereocenters. The van der Waals surface area contributed by atoms with Gasteiger partial charge in [0.2, 0.25) is 5.91 Å². The third-order valence-electron chi connectivity index (χ3n) is 7.90. The van der Waals surface area contributed by atoms with Crippen LogP contribution in [-0.4, -0.2) is 49.8 Å². The van der Waals surface area contributed by atoms with Gasteiger partial charge in [0.1, 0.15) is 18.1 Å². The van der Waals surface area contributed by atoms with Gasteiger partial charge in [0.15, 0.2) is 11.5 Å². The fourth-order valence-corrected chi connectivity index (χ4v) is 5.83. The smallest absolute Gasteiger partial charge is 0.280 e. The molecular weight excluding hydrogens is 554 g/mol. The first-order chi connectivity index (χ1) is 20.6. The maximum absolute atomic E-state index is 13.7. The van der Waals surface area contributed by atoms with Gasteiger partial charge in [-0.2, -0.15) is 15.3 Å². The molecule has 0 spiro atoms. The molecule has 5 aromatic heterocycles. The third-order valence-corrected chi connectivity index (χ3v) is 7.90. The molecule has 1 aliphatic carbocycles. The van der Waals surface area contributed by atoms with Crippen molar-refractivity contribution < 1.29 is 13.6 Å². The van der Waals surface area contributed by atoms with Gasteiger partial charge in [-0.1, -0.05) is 26.0 Å². The van der Waals surface area contributed by atoms with Crippen molar-refractivity contribution in [2.24, 2.45) is 19.8 Å². The number of rotatable bonds is 8. The number of nitrogens with two attached hydrogens (primary N) is 1. The van der Waals surface area contributed by atoms with Crippen molar-refractivity contribution in [3.05, 3.63) is 59.8 Å². The van der Waals surface area contributed by atoms with Crippen LogP contribution in [0.1, 0.15) is 62.0 Å². The Morgan fingerprint density at radius 2 is 1.84 bits per heavy atom. The van der Waals surface area contributed by atoms with Gasteiger partial charge < -0.3 is 10.3 Å². The van der Waals surface area contributed by atoms with Crippen LogP contribution in [0.25, 0.3) is 50.4 Å². The summed E-state index contributed by atoms with van der Waals surface area (Å²) in [4.78, 5) is 21.6. The molecule has 1 fully saturated rings. The summed E-state index contributed by atoms with van der Waals surface area (Å²) in [6.45, 7) is 3.78. The standard InChI is InChI=1S/C30H30F2N10O/c1-15(2)25-19(10-17-12-39(3)38-29(17)34-25)30-35-26(27(40(30)4)16-8-9-16)18-6-5-7-21-20(18)13-42(36-21)24-11-22(28(31)32)41(37-24)14-23(33)43/h5-7,10-13,15-16,28H,8-9,14H2,1-4H3,(H2,33,43). The first-order valence-electron chi connectivity index (χ1n) is 14.1. The summed E-state index contributed by atoms with van der Waals surface area (Å²) in [5.74, 6) is 0.763. The van der Waals surface area contributed by atoms with E-state index in [0.29, 0.717) is 17.1 Å². The Morgan fingerprint density at radius 1 is 1.05 bits per heavy atom. The second kappa shape index (κ2) is 9.82. The van der Waals surface area contributed by atoms with Crippen LogP contribution in [-0.2, 0) is 25.4 Å². The van der Waals surface area contributed by atoms with Crippen molar-refractivity contribution in [2.75, 3.05) is 0 Å². The van der Waals surface area contributed by atoms with Crippen LogP contribution in [0.15, 0.2) is 42.7 Å². The van der Waals surface area contributed by atoms with E-state index in [-0.39, 0.29) is 11.7 Å². The molecule has 43 heavy (non-hydrogen) atoms. The van der Waals surface area contributed by atoms with Gasteiger partial charge in [-0.15, -0.1) is 0 Å². The highest BCUT2D eigenvalue weighted by molar-refractivity contribution is 5.95. The summed E-state index contributed by atoms with van der Waals surface area (Å²) in [5.41, 5.74) is 11.0. The van der Waals surface area contributed by atoms with Crippen molar-refractivity contribution in [1.29, 1.82) is 0 Å². The summed E-state index contributed by atoms with van der Waals surface area (Å²) >= 11 is 0. The van der Waals surface area contributed by atoms with Gasteiger partial charge in [0.25, 0.3) is 6.43 Å². The quantitative estimate of drug-likeness (QED) is 0.268. The maximum Gasteiger partial charge on any atom is 0.280 e. The Balaban J connectivity index is 1.39. The molecule has 0 bridgehead atoms. The highest BCUT2D eigenvalue weighted by atomic mass is 19.3. The Labute approximate surface area is 244 Å². The number of imidazole rings is 1. The largest absolute Gasteiger partial charge is 0.368 e. The fourth-order valence-electron chi connectivity index (χ4n) is 5.83. The number of hydrogen-bond acceptors (Lipinski definition) is 6. The molecule has 13 heteroatoms. The van der Waals surface area contributed by atoms with Crippen LogP contribution >= 0.6 is 0 Å². The van der Waals surface area contributed by atoms with Crippen molar-refractivity contribution >= 4 is 27.8 Å². The molecule has 11 nitrogen and oxygen atoms in total. The Morgan fingerprint density at radius 3 is 2.53 bits per heavy atom. The number of fused-ring (bicyclic) bond motifs is 2. The topological polar surface area (TPSA) is 127 Å². The minimum absolute atomic E-state index is 0.153. The van der Waals surface area contributed by atoms with Gasteiger partial charge in [-0.3, -0.25) is 14.2 Å². The van der Waals surface area contributed by atoms with E-state index in [1.165, 1.54) is 10.7 Å². The zero-order valence-corrected chi connectivity index (χ0v) is 24.2. The van der Waals surface area contributed by atoms with E-state index >= 15 is 0 Å². The zero-order valence-electron chi connectivity index (χ0n) is 24.2. The number of benzene rings is 1. The van der Waals surface area contributed by atoms with E-state index in [1.54, 1.807) is 10.9 Å². The lowest BCUT2D eigenvalue weighted by atomic mass is 10.0. The molecule has 6 aromatic rings. The Kier molecular flexibility index (Phi) is 6.15. The first kappa shape index (κ1) is 26.9. The lowest BCUT2D eigenvalue weighted by Crippen LogP contribution is -2.21. The number of carbonyl (C=O) groups excluding carboxylic acids is 1.